The van der Waals surface area contributed by atoms with E-state index in [0.29, 0.717) is 0 Å². The van der Waals surface area contributed by atoms with Crippen LogP contribution in [0.5, 0.6) is 0 Å². The maximum Gasteiger partial charge on any atom is 0.310 e. The molecule has 0 saturated heterocycles. The average molecular weight is 142 g/mol. The molecular formula is C8H14O2. The van der Waals surface area contributed by atoms with Crippen molar-refractivity contribution in [1.29, 1.82) is 0 Å². The molecule has 0 radical (unpaired) electrons. The fourth-order valence-corrected chi connectivity index (χ4v) is 0.845. The lowest BCUT2D eigenvalue weighted by Gasteiger charge is -2.03. The molecular weight excluding hydrogens is 128 g/mol. The summed E-state index contributed by atoms with van der Waals surface area (Å²) in [4.78, 5) is 10.4. The summed E-state index contributed by atoms with van der Waals surface area (Å²) in [5.74, 6) is -1.00. The number of hydrogen-bond acceptors (Lipinski definition) is 1. The number of allylic oxidation sites excluding steroid dienone is 1. The molecule has 1 unspecified atom stereocenters. The van der Waals surface area contributed by atoms with Crippen LogP contribution in [0.1, 0.15) is 26.7 Å². The van der Waals surface area contributed by atoms with Crippen LogP contribution in [0, 0.1) is 5.92 Å². The Kier molecular flexibility index (Phi) is 4.63. The lowest BCUT2D eigenvalue weighted by Crippen LogP contribution is -2.09. The van der Waals surface area contributed by atoms with E-state index in [0.717, 1.165) is 12.8 Å². The van der Waals surface area contributed by atoms with Crippen LogP contribution in [0.15, 0.2) is 12.2 Å². The summed E-state index contributed by atoms with van der Waals surface area (Å²) in [6, 6.07) is 0. The Morgan fingerprint density at radius 2 is 2.30 bits per heavy atom. The molecule has 1 N–H and O–H groups in total. The van der Waals surface area contributed by atoms with Gasteiger partial charge in [-0.25, -0.2) is 0 Å². The predicted octanol–water partition coefficient (Wildman–Crippen LogP) is 2.06. The first-order valence-corrected chi connectivity index (χ1v) is 3.58. The van der Waals surface area contributed by atoms with E-state index in [4.69, 9.17) is 5.11 Å². The summed E-state index contributed by atoms with van der Waals surface area (Å²) in [5.41, 5.74) is 0. The Morgan fingerprint density at radius 3 is 2.60 bits per heavy atom. The molecule has 0 spiro atoms. The van der Waals surface area contributed by atoms with Crippen molar-refractivity contribution in [2.24, 2.45) is 5.92 Å². The number of rotatable bonds is 4. The quantitative estimate of drug-likeness (QED) is 0.610. The SMILES string of the molecule is C/C=C/C(CCC)C(=O)O. The van der Waals surface area contributed by atoms with Gasteiger partial charge in [-0.2, -0.15) is 0 Å². The molecule has 0 aromatic carbocycles. The second-order valence-electron chi connectivity index (χ2n) is 2.26. The van der Waals surface area contributed by atoms with Crippen molar-refractivity contribution in [3.05, 3.63) is 12.2 Å². The first-order chi connectivity index (χ1) is 4.72. The van der Waals surface area contributed by atoms with Crippen LogP contribution in [0.3, 0.4) is 0 Å². The molecule has 58 valence electrons. The fraction of sp³-hybridized carbons (Fsp3) is 0.625. The molecule has 0 bridgehead atoms. The van der Waals surface area contributed by atoms with Gasteiger partial charge in [-0.3, -0.25) is 4.79 Å². The van der Waals surface area contributed by atoms with Gasteiger partial charge in [-0.1, -0.05) is 25.5 Å². The molecule has 0 fully saturated rings. The second kappa shape index (κ2) is 5.03. The van der Waals surface area contributed by atoms with Crippen molar-refractivity contribution in [2.45, 2.75) is 26.7 Å². The first-order valence-electron chi connectivity index (χ1n) is 3.58. The highest BCUT2D eigenvalue weighted by Gasteiger charge is 2.10. The lowest BCUT2D eigenvalue weighted by atomic mass is 10.0. The minimum atomic E-state index is -0.722. The molecule has 0 aromatic heterocycles. The predicted molar refractivity (Wildman–Crippen MR) is 40.8 cm³/mol. The van der Waals surface area contributed by atoms with E-state index in [1.165, 1.54) is 0 Å². The third-order valence-corrected chi connectivity index (χ3v) is 1.34. The lowest BCUT2D eigenvalue weighted by molar-refractivity contribution is -0.140. The molecule has 2 nitrogen and oxygen atoms in total. The van der Waals surface area contributed by atoms with Gasteiger partial charge in [-0.15, -0.1) is 0 Å². The molecule has 0 rings (SSSR count). The van der Waals surface area contributed by atoms with Crippen LogP contribution in [-0.4, -0.2) is 11.1 Å². The minimum Gasteiger partial charge on any atom is -0.481 e. The number of carboxylic acid groups (broad SMARTS) is 1. The van der Waals surface area contributed by atoms with Crippen LogP contribution >= 0.6 is 0 Å². The van der Waals surface area contributed by atoms with E-state index in [2.05, 4.69) is 0 Å². The van der Waals surface area contributed by atoms with Crippen LogP contribution in [0.25, 0.3) is 0 Å². The molecule has 0 aliphatic heterocycles. The van der Waals surface area contributed by atoms with E-state index in [9.17, 15) is 4.79 Å². The van der Waals surface area contributed by atoms with Gasteiger partial charge >= 0.3 is 5.97 Å². The maximum absolute atomic E-state index is 10.4. The van der Waals surface area contributed by atoms with Gasteiger partial charge in [-0.05, 0) is 13.3 Å². The summed E-state index contributed by atoms with van der Waals surface area (Å²) >= 11 is 0. The van der Waals surface area contributed by atoms with Crippen molar-refractivity contribution in [1.82, 2.24) is 0 Å². The summed E-state index contributed by atoms with van der Waals surface area (Å²) in [6.45, 7) is 3.82. The Bertz CT molecular complexity index is 127. The van der Waals surface area contributed by atoms with Crippen LogP contribution < -0.4 is 0 Å². The summed E-state index contributed by atoms with van der Waals surface area (Å²) < 4.78 is 0. The van der Waals surface area contributed by atoms with E-state index in [1.807, 2.05) is 13.8 Å². The molecule has 0 amide bonds. The largest absolute Gasteiger partial charge is 0.481 e. The van der Waals surface area contributed by atoms with Crippen molar-refractivity contribution in [3.8, 4) is 0 Å². The molecule has 0 aromatic rings. The normalized spacial score (nSPS) is 13.8. The zero-order valence-electron chi connectivity index (χ0n) is 6.50. The van der Waals surface area contributed by atoms with Gasteiger partial charge in [0.2, 0.25) is 0 Å². The fourth-order valence-electron chi connectivity index (χ4n) is 0.845. The zero-order valence-corrected chi connectivity index (χ0v) is 6.50. The first kappa shape index (κ1) is 9.21. The number of hydrogen-bond donors (Lipinski definition) is 1. The van der Waals surface area contributed by atoms with Crippen molar-refractivity contribution in [3.63, 3.8) is 0 Å². The average Bonchev–Trinajstić information content (AvgIpc) is 1.87. The van der Waals surface area contributed by atoms with Crippen LogP contribution in [-0.2, 0) is 4.79 Å². The molecule has 2 heteroatoms. The van der Waals surface area contributed by atoms with Crippen LogP contribution in [0.4, 0.5) is 0 Å². The van der Waals surface area contributed by atoms with E-state index in [-0.39, 0.29) is 5.92 Å². The molecule has 10 heavy (non-hydrogen) atoms. The number of carbonyl (C=O) groups is 1. The Morgan fingerprint density at radius 1 is 1.70 bits per heavy atom. The van der Waals surface area contributed by atoms with E-state index in [1.54, 1.807) is 12.2 Å². The van der Waals surface area contributed by atoms with E-state index >= 15 is 0 Å². The van der Waals surface area contributed by atoms with Crippen LogP contribution in [0.2, 0.25) is 0 Å². The zero-order chi connectivity index (χ0) is 7.98. The highest BCUT2D eigenvalue weighted by atomic mass is 16.4. The van der Waals surface area contributed by atoms with Crippen molar-refractivity contribution < 1.29 is 9.90 Å². The molecule has 0 aliphatic rings. The minimum absolute atomic E-state index is 0.282. The molecule has 0 saturated carbocycles. The maximum atomic E-state index is 10.4. The number of carboxylic acids is 1. The molecule has 0 heterocycles. The molecule has 0 aliphatic carbocycles. The third-order valence-electron chi connectivity index (χ3n) is 1.34. The monoisotopic (exact) mass is 142 g/mol. The van der Waals surface area contributed by atoms with E-state index < -0.39 is 5.97 Å². The summed E-state index contributed by atoms with van der Waals surface area (Å²) in [6.07, 6.45) is 5.17. The Labute approximate surface area is 61.6 Å². The Hall–Kier alpha value is -0.790. The standard InChI is InChI=1S/C8H14O2/c1-3-5-7(6-4-2)8(9)10/h3,5,7H,4,6H2,1-2H3,(H,9,10)/b5-3+. The second-order valence-corrected chi connectivity index (χ2v) is 2.26. The van der Waals surface area contributed by atoms with Gasteiger partial charge in [0.25, 0.3) is 0 Å². The van der Waals surface area contributed by atoms with Crippen molar-refractivity contribution in [2.75, 3.05) is 0 Å². The van der Waals surface area contributed by atoms with Gasteiger partial charge in [0.15, 0.2) is 0 Å². The van der Waals surface area contributed by atoms with Gasteiger partial charge in [0, 0.05) is 0 Å². The summed E-state index contributed by atoms with van der Waals surface area (Å²) in [7, 11) is 0. The Balaban J connectivity index is 3.85. The van der Waals surface area contributed by atoms with Crippen molar-refractivity contribution >= 4 is 5.97 Å². The topological polar surface area (TPSA) is 37.3 Å². The summed E-state index contributed by atoms with van der Waals surface area (Å²) in [5, 5.41) is 8.58. The third kappa shape index (κ3) is 3.28. The smallest absolute Gasteiger partial charge is 0.310 e. The molecule has 1 atom stereocenters. The van der Waals surface area contributed by atoms with Gasteiger partial charge in [0.1, 0.15) is 0 Å². The van der Waals surface area contributed by atoms with Gasteiger partial charge in [0.05, 0.1) is 5.92 Å². The highest BCUT2D eigenvalue weighted by molar-refractivity contribution is 5.71. The number of aliphatic carboxylic acids is 1. The van der Waals surface area contributed by atoms with Gasteiger partial charge < -0.3 is 5.11 Å². The highest BCUT2D eigenvalue weighted by Crippen LogP contribution is 2.07.